The van der Waals surface area contributed by atoms with E-state index in [9.17, 15) is 19.1 Å². The van der Waals surface area contributed by atoms with Crippen molar-refractivity contribution < 1.29 is 23.8 Å². The van der Waals surface area contributed by atoms with Crippen LogP contribution in [0.1, 0.15) is 26.2 Å². The van der Waals surface area contributed by atoms with Crippen LogP contribution in [-0.2, 0) is 9.59 Å². The topological polar surface area (TPSA) is 66.8 Å². The summed E-state index contributed by atoms with van der Waals surface area (Å²) < 4.78 is 18.1. The Bertz CT molecular complexity index is 531. The Kier molecular flexibility index (Phi) is 4.45. The van der Waals surface area contributed by atoms with Crippen LogP contribution in [0.15, 0.2) is 24.3 Å². The summed E-state index contributed by atoms with van der Waals surface area (Å²) in [7, 11) is 0. The van der Waals surface area contributed by atoms with Crippen molar-refractivity contribution in [3.63, 3.8) is 0 Å². The minimum Gasteiger partial charge on any atom is -0.484 e. The predicted molar refractivity (Wildman–Crippen MR) is 73.5 cm³/mol. The van der Waals surface area contributed by atoms with E-state index in [2.05, 4.69) is 0 Å². The molecule has 1 unspecified atom stereocenters. The number of carboxylic acid groups (broad SMARTS) is 1. The number of hydrogen-bond acceptors (Lipinski definition) is 3. The number of nitrogens with zero attached hydrogens (tertiary/aromatic N) is 1. The summed E-state index contributed by atoms with van der Waals surface area (Å²) in [4.78, 5) is 25.0. The van der Waals surface area contributed by atoms with Crippen molar-refractivity contribution in [2.75, 3.05) is 13.2 Å². The van der Waals surface area contributed by atoms with Crippen molar-refractivity contribution in [1.82, 2.24) is 4.90 Å². The second-order valence-corrected chi connectivity index (χ2v) is 5.32. The van der Waals surface area contributed by atoms with E-state index in [0.717, 1.165) is 12.8 Å². The molecular formula is C15H18FNO4. The Morgan fingerprint density at radius 1 is 1.33 bits per heavy atom. The Morgan fingerprint density at radius 3 is 2.62 bits per heavy atom. The number of hydrogen-bond donors (Lipinski definition) is 1. The molecule has 0 saturated carbocycles. The molecule has 0 aliphatic carbocycles. The van der Waals surface area contributed by atoms with Gasteiger partial charge < -0.3 is 14.7 Å². The molecular weight excluding hydrogens is 277 g/mol. The van der Waals surface area contributed by atoms with Gasteiger partial charge in [0.15, 0.2) is 6.61 Å². The van der Waals surface area contributed by atoms with E-state index >= 15 is 0 Å². The van der Waals surface area contributed by atoms with Gasteiger partial charge in [-0.25, -0.2) is 9.18 Å². The monoisotopic (exact) mass is 295 g/mol. The molecule has 5 nitrogen and oxygen atoms in total. The molecule has 0 bridgehead atoms. The fraction of sp³-hybridized carbons (Fsp3) is 0.467. The van der Waals surface area contributed by atoms with Crippen LogP contribution in [0.2, 0.25) is 0 Å². The zero-order valence-electron chi connectivity index (χ0n) is 11.8. The van der Waals surface area contributed by atoms with Crippen LogP contribution in [-0.4, -0.2) is 40.6 Å². The number of amides is 1. The van der Waals surface area contributed by atoms with E-state index in [4.69, 9.17) is 4.74 Å². The van der Waals surface area contributed by atoms with E-state index in [1.807, 2.05) is 0 Å². The molecule has 1 fully saturated rings. The number of ether oxygens (including phenoxy) is 1. The highest BCUT2D eigenvalue weighted by Gasteiger charge is 2.43. The smallest absolute Gasteiger partial charge is 0.329 e. The summed E-state index contributed by atoms with van der Waals surface area (Å²) in [6, 6.07) is 5.33. The predicted octanol–water partition coefficient (Wildman–Crippen LogP) is 2.06. The highest BCUT2D eigenvalue weighted by atomic mass is 19.1. The largest absolute Gasteiger partial charge is 0.484 e. The number of carbonyl (C=O) groups is 2. The molecule has 1 atom stereocenters. The van der Waals surface area contributed by atoms with Crippen LogP contribution in [0.5, 0.6) is 5.75 Å². The number of likely N-dealkylation sites (tertiary alicyclic amines) is 1. The summed E-state index contributed by atoms with van der Waals surface area (Å²) in [6.07, 6.45) is 2.00. The van der Waals surface area contributed by atoms with Crippen LogP contribution >= 0.6 is 0 Å². The molecule has 21 heavy (non-hydrogen) atoms. The number of carboxylic acids is 1. The van der Waals surface area contributed by atoms with Gasteiger partial charge in [0.25, 0.3) is 5.91 Å². The van der Waals surface area contributed by atoms with Gasteiger partial charge in [-0.3, -0.25) is 4.79 Å². The minimum atomic E-state index is -1.18. The van der Waals surface area contributed by atoms with Crippen LogP contribution < -0.4 is 4.74 Å². The number of carbonyl (C=O) groups excluding carboxylic acids is 1. The van der Waals surface area contributed by atoms with Gasteiger partial charge in [-0.1, -0.05) is 0 Å². The maximum absolute atomic E-state index is 12.8. The molecule has 1 aliphatic rings. The highest BCUT2D eigenvalue weighted by Crippen LogP contribution is 2.28. The van der Waals surface area contributed by atoms with Crippen molar-refractivity contribution in [2.45, 2.75) is 31.7 Å². The van der Waals surface area contributed by atoms with Gasteiger partial charge >= 0.3 is 5.97 Å². The van der Waals surface area contributed by atoms with E-state index in [0.29, 0.717) is 18.7 Å². The lowest BCUT2D eigenvalue weighted by Gasteiger charge is -2.41. The minimum absolute atomic E-state index is 0.255. The summed E-state index contributed by atoms with van der Waals surface area (Å²) in [6.45, 7) is 1.72. The summed E-state index contributed by atoms with van der Waals surface area (Å²) >= 11 is 0. The zero-order valence-corrected chi connectivity index (χ0v) is 11.8. The van der Waals surface area contributed by atoms with Gasteiger partial charge in [0.05, 0.1) is 0 Å². The van der Waals surface area contributed by atoms with Gasteiger partial charge in [0.2, 0.25) is 0 Å². The summed E-state index contributed by atoms with van der Waals surface area (Å²) in [5.74, 6) is -1.39. The molecule has 1 saturated heterocycles. The van der Waals surface area contributed by atoms with E-state index in [1.54, 1.807) is 6.92 Å². The molecule has 1 N–H and O–H groups in total. The van der Waals surface area contributed by atoms with E-state index < -0.39 is 11.5 Å². The fourth-order valence-electron chi connectivity index (χ4n) is 2.50. The third kappa shape index (κ3) is 3.32. The fourth-order valence-corrected chi connectivity index (χ4v) is 2.50. The lowest BCUT2D eigenvalue weighted by atomic mass is 9.88. The van der Waals surface area contributed by atoms with Crippen molar-refractivity contribution in [3.05, 3.63) is 30.1 Å². The lowest BCUT2D eigenvalue weighted by molar-refractivity contribution is -0.161. The Hall–Kier alpha value is -2.11. The van der Waals surface area contributed by atoms with Crippen LogP contribution in [0.25, 0.3) is 0 Å². The number of rotatable bonds is 4. The highest BCUT2D eigenvalue weighted by molar-refractivity contribution is 5.87. The number of benzene rings is 1. The molecule has 1 aromatic carbocycles. The first-order valence-electron chi connectivity index (χ1n) is 6.86. The van der Waals surface area contributed by atoms with Crippen LogP contribution in [0.3, 0.4) is 0 Å². The molecule has 114 valence electrons. The standard InChI is InChI=1S/C15H18FNO4/c1-15(14(19)20)8-2-3-9-17(15)13(18)10-21-12-6-4-11(16)5-7-12/h4-7H,2-3,8-10H2,1H3,(H,19,20). The quantitative estimate of drug-likeness (QED) is 0.923. The summed E-state index contributed by atoms with van der Waals surface area (Å²) in [5, 5.41) is 9.36. The first-order chi connectivity index (χ1) is 9.93. The molecule has 0 spiro atoms. The normalized spacial score (nSPS) is 21.9. The first kappa shape index (κ1) is 15.3. The third-order valence-electron chi connectivity index (χ3n) is 3.83. The second-order valence-electron chi connectivity index (χ2n) is 5.32. The maximum Gasteiger partial charge on any atom is 0.329 e. The molecule has 0 radical (unpaired) electrons. The van der Waals surface area contributed by atoms with Crippen LogP contribution in [0, 0.1) is 5.82 Å². The Balaban J connectivity index is 2.01. The molecule has 1 aromatic rings. The SMILES string of the molecule is CC1(C(=O)O)CCCCN1C(=O)COc1ccc(F)cc1. The molecule has 1 aliphatic heterocycles. The molecule has 2 rings (SSSR count). The van der Waals surface area contributed by atoms with Crippen molar-refractivity contribution in [3.8, 4) is 5.75 Å². The van der Waals surface area contributed by atoms with Gasteiger partial charge in [0, 0.05) is 6.54 Å². The zero-order chi connectivity index (χ0) is 15.5. The van der Waals surface area contributed by atoms with Crippen LogP contribution in [0.4, 0.5) is 4.39 Å². The summed E-state index contributed by atoms with van der Waals surface area (Å²) in [5.41, 5.74) is -1.18. The number of piperidine rings is 1. The number of aliphatic carboxylic acids is 1. The van der Waals surface area contributed by atoms with Gasteiger partial charge in [0.1, 0.15) is 17.1 Å². The average molecular weight is 295 g/mol. The van der Waals surface area contributed by atoms with Gasteiger partial charge in [-0.15, -0.1) is 0 Å². The van der Waals surface area contributed by atoms with Gasteiger partial charge in [-0.05, 0) is 50.5 Å². The third-order valence-corrected chi connectivity index (χ3v) is 3.83. The Labute approximate surface area is 122 Å². The van der Waals surface area contributed by atoms with Crippen molar-refractivity contribution in [2.24, 2.45) is 0 Å². The molecule has 1 amide bonds. The second kappa shape index (κ2) is 6.11. The van der Waals surface area contributed by atoms with E-state index in [-0.39, 0.29) is 18.3 Å². The molecule has 6 heteroatoms. The van der Waals surface area contributed by atoms with Crippen molar-refractivity contribution >= 4 is 11.9 Å². The number of halogens is 1. The first-order valence-corrected chi connectivity index (χ1v) is 6.86. The Morgan fingerprint density at radius 2 is 2.00 bits per heavy atom. The van der Waals surface area contributed by atoms with Crippen molar-refractivity contribution in [1.29, 1.82) is 0 Å². The molecule has 0 aromatic heterocycles. The van der Waals surface area contributed by atoms with Gasteiger partial charge in [-0.2, -0.15) is 0 Å². The lowest BCUT2D eigenvalue weighted by Crippen LogP contribution is -2.58. The molecule has 1 heterocycles. The van der Waals surface area contributed by atoms with E-state index in [1.165, 1.54) is 29.2 Å². The maximum atomic E-state index is 12.8. The average Bonchev–Trinajstić information content (AvgIpc) is 2.46.